The molecule has 0 unspecified atom stereocenters. The van der Waals surface area contributed by atoms with Crippen LogP contribution in [0.4, 0.5) is 5.69 Å². The molecule has 0 saturated heterocycles. The van der Waals surface area contributed by atoms with Gasteiger partial charge in [0.15, 0.2) is 0 Å². The average molecular weight is 339 g/mol. The van der Waals surface area contributed by atoms with Gasteiger partial charge in [-0.25, -0.2) is 0 Å². The second kappa shape index (κ2) is 8.56. The Hall–Kier alpha value is -3.03. The number of hydrogen-bond acceptors (Lipinski definition) is 3. The summed E-state index contributed by atoms with van der Waals surface area (Å²) in [7, 11) is 1.56. The summed E-state index contributed by atoms with van der Waals surface area (Å²) in [5.74, 6) is 0.153. The molecule has 5 heteroatoms. The van der Waals surface area contributed by atoms with E-state index in [2.05, 4.69) is 5.32 Å². The van der Waals surface area contributed by atoms with Crippen LogP contribution in [0.3, 0.4) is 0 Å². The number of nitrogens with one attached hydrogen (secondary N) is 1. The molecule has 0 heterocycles. The minimum absolute atomic E-state index is 0.0806. The number of carbonyl (C=O) groups excluding carboxylic acids is 1. The highest BCUT2D eigenvalue weighted by Crippen LogP contribution is 2.17. The number of anilines is 1. The van der Waals surface area contributed by atoms with Gasteiger partial charge in [-0.15, -0.1) is 0 Å². The van der Waals surface area contributed by atoms with Crippen molar-refractivity contribution in [2.24, 2.45) is 0 Å². The predicted molar refractivity (Wildman–Crippen MR) is 95.6 cm³/mol. The van der Waals surface area contributed by atoms with Crippen molar-refractivity contribution in [3.63, 3.8) is 0 Å². The molecule has 0 aliphatic rings. The van der Waals surface area contributed by atoms with Crippen LogP contribution >= 0.6 is 11.6 Å². The maximum Gasteiger partial charge on any atom is 0.266 e. The molecule has 2 aromatic rings. The monoisotopic (exact) mass is 338 g/mol. The molecule has 0 bridgehead atoms. The minimum Gasteiger partial charge on any atom is -0.497 e. The summed E-state index contributed by atoms with van der Waals surface area (Å²) in [6, 6.07) is 18.1. The van der Waals surface area contributed by atoms with Gasteiger partial charge >= 0.3 is 0 Å². The molecule has 0 atom stereocenters. The van der Waals surface area contributed by atoms with E-state index in [0.29, 0.717) is 16.5 Å². The van der Waals surface area contributed by atoms with Gasteiger partial charge in [-0.3, -0.25) is 4.79 Å². The van der Waals surface area contributed by atoms with Crippen LogP contribution in [0.5, 0.6) is 5.75 Å². The van der Waals surface area contributed by atoms with E-state index in [-0.39, 0.29) is 5.57 Å². The van der Waals surface area contributed by atoms with E-state index in [9.17, 15) is 10.1 Å². The third kappa shape index (κ3) is 5.01. The van der Waals surface area contributed by atoms with Crippen molar-refractivity contribution in [3.05, 3.63) is 76.8 Å². The fourth-order valence-corrected chi connectivity index (χ4v) is 2.14. The van der Waals surface area contributed by atoms with E-state index >= 15 is 0 Å². The van der Waals surface area contributed by atoms with Crippen LogP contribution in [0.1, 0.15) is 5.56 Å². The van der Waals surface area contributed by atoms with Gasteiger partial charge in [-0.05, 0) is 42.0 Å². The molecule has 0 aliphatic carbocycles. The van der Waals surface area contributed by atoms with Crippen molar-refractivity contribution in [2.75, 3.05) is 12.4 Å². The highest BCUT2D eigenvalue weighted by atomic mass is 35.5. The van der Waals surface area contributed by atoms with Crippen molar-refractivity contribution in [1.82, 2.24) is 0 Å². The van der Waals surface area contributed by atoms with E-state index in [4.69, 9.17) is 16.3 Å². The lowest BCUT2D eigenvalue weighted by atomic mass is 10.2. The topological polar surface area (TPSA) is 62.1 Å². The Bertz CT molecular complexity index is 804. The number of nitriles is 1. The third-order valence-electron chi connectivity index (χ3n) is 3.10. The molecule has 1 amide bonds. The highest BCUT2D eigenvalue weighted by Gasteiger charge is 2.10. The lowest BCUT2D eigenvalue weighted by molar-refractivity contribution is -0.112. The fourth-order valence-electron chi connectivity index (χ4n) is 1.91. The zero-order valence-electron chi connectivity index (χ0n) is 13.0. The Morgan fingerprint density at radius 3 is 2.42 bits per heavy atom. The van der Waals surface area contributed by atoms with Gasteiger partial charge in [-0.1, -0.05) is 41.9 Å². The maximum absolute atomic E-state index is 12.2. The minimum atomic E-state index is -0.526. The molecule has 0 radical (unpaired) electrons. The average Bonchev–Trinajstić information content (AvgIpc) is 2.61. The van der Waals surface area contributed by atoms with Crippen LogP contribution in [0.25, 0.3) is 6.08 Å². The molecular weight excluding hydrogens is 324 g/mol. The van der Waals surface area contributed by atoms with Gasteiger partial charge in [0.25, 0.3) is 5.91 Å². The number of halogens is 1. The van der Waals surface area contributed by atoms with Gasteiger partial charge in [0, 0.05) is 10.7 Å². The van der Waals surface area contributed by atoms with Crippen LogP contribution in [0.2, 0.25) is 0 Å². The number of hydrogen-bond donors (Lipinski definition) is 1. The molecule has 4 nitrogen and oxygen atoms in total. The van der Waals surface area contributed by atoms with E-state index in [1.165, 1.54) is 6.08 Å². The summed E-state index contributed by atoms with van der Waals surface area (Å²) < 4.78 is 5.05. The van der Waals surface area contributed by atoms with E-state index < -0.39 is 5.91 Å². The van der Waals surface area contributed by atoms with Crippen molar-refractivity contribution in [3.8, 4) is 11.8 Å². The van der Waals surface area contributed by atoms with Crippen LogP contribution in [-0.2, 0) is 4.79 Å². The quantitative estimate of drug-likeness (QED) is 0.500. The number of amides is 1. The summed E-state index contributed by atoms with van der Waals surface area (Å²) in [4.78, 5) is 12.2. The molecule has 24 heavy (non-hydrogen) atoms. The fraction of sp³-hybridized carbons (Fsp3) is 0.0526. The Morgan fingerprint density at radius 2 is 1.83 bits per heavy atom. The summed E-state index contributed by atoms with van der Waals surface area (Å²) in [6.45, 7) is 0. The molecule has 0 spiro atoms. The van der Waals surface area contributed by atoms with Crippen molar-refractivity contribution >= 4 is 29.3 Å². The molecule has 120 valence electrons. The van der Waals surface area contributed by atoms with Crippen molar-refractivity contribution in [1.29, 1.82) is 5.26 Å². The van der Waals surface area contributed by atoms with Gasteiger partial charge in [0.05, 0.1) is 7.11 Å². The standard InChI is InChI=1S/C19H15ClN2O2/c1-24-18-9-7-17(8-10-18)22-19(23)15(13-21)12-16(20)11-14-5-3-2-4-6-14/h2-12H,1H3,(H,22,23)/b15-12+,16-11-. The number of rotatable bonds is 5. The molecule has 1 N–H and O–H groups in total. The highest BCUT2D eigenvalue weighted by molar-refractivity contribution is 6.33. The van der Waals surface area contributed by atoms with Crippen molar-refractivity contribution in [2.45, 2.75) is 0 Å². The Balaban J connectivity index is 2.13. The number of methoxy groups -OCH3 is 1. The summed E-state index contributed by atoms with van der Waals surface area (Å²) >= 11 is 6.11. The Labute approximate surface area is 145 Å². The normalized spacial score (nSPS) is 11.5. The van der Waals surface area contributed by atoms with Crippen molar-refractivity contribution < 1.29 is 9.53 Å². The molecule has 2 rings (SSSR count). The van der Waals surface area contributed by atoms with E-state index in [0.717, 1.165) is 5.56 Å². The first-order chi connectivity index (χ1) is 11.6. The van der Waals surface area contributed by atoms with Gasteiger partial charge in [-0.2, -0.15) is 5.26 Å². The van der Waals surface area contributed by atoms with Crippen LogP contribution in [-0.4, -0.2) is 13.0 Å². The predicted octanol–water partition coefficient (Wildman–Crippen LogP) is 4.36. The molecule has 0 fully saturated rings. The third-order valence-corrected chi connectivity index (χ3v) is 3.32. The van der Waals surface area contributed by atoms with E-state index in [1.807, 2.05) is 36.4 Å². The SMILES string of the molecule is COc1ccc(NC(=O)/C(C#N)=C/C(Cl)=C/c2ccccc2)cc1. The lowest BCUT2D eigenvalue weighted by Gasteiger charge is -2.05. The summed E-state index contributed by atoms with van der Waals surface area (Å²) in [5.41, 5.74) is 1.36. The zero-order chi connectivity index (χ0) is 17.4. The second-order valence-electron chi connectivity index (χ2n) is 4.79. The van der Waals surface area contributed by atoms with Gasteiger partial charge < -0.3 is 10.1 Å². The molecule has 0 aromatic heterocycles. The number of ether oxygens (including phenoxy) is 1. The van der Waals surface area contributed by atoms with Gasteiger partial charge in [0.2, 0.25) is 0 Å². The molecule has 0 aliphatic heterocycles. The van der Waals surface area contributed by atoms with Gasteiger partial charge in [0.1, 0.15) is 17.4 Å². The van der Waals surface area contributed by atoms with Crippen LogP contribution in [0, 0.1) is 11.3 Å². The Kier molecular flexibility index (Phi) is 6.18. The molecule has 0 saturated carbocycles. The maximum atomic E-state index is 12.2. The number of nitrogens with zero attached hydrogens (tertiary/aromatic N) is 1. The zero-order valence-corrected chi connectivity index (χ0v) is 13.7. The molecular formula is C19H15ClN2O2. The summed E-state index contributed by atoms with van der Waals surface area (Å²) in [6.07, 6.45) is 3.02. The summed E-state index contributed by atoms with van der Waals surface area (Å²) in [5, 5.41) is 12.1. The number of benzene rings is 2. The second-order valence-corrected chi connectivity index (χ2v) is 5.23. The smallest absolute Gasteiger partial charge is 0.266 e. The molecule has 2 aromatic carbocycles. The lowest BCUT2D eigenvalue weighted by Crippen LogP contribution is -2.13. The first-order valence-electron chi connectivity index (χ1n) is 7.12. The van der Waals surface area contributed by atoms with E-state index in [1.54, 1.807) is 37.5 Å². The number of allylic oxidation sites excluding steroid dienone is 2. The largest absolute Gasteiger partial charge is 0.497 e. The number of carbonyl (C=O) groups is 1. The first-order valence-corrected chi connectivity index (χ1v) is 7.49. The Morgan fingerprint density at radius 1 is 1.17 bits per heavy atom. The van der Waals surface area contributed by atoms with Crippen LogP contribution in [0.15, 0.2) is 71.3 Å². The first kappa shape index (κ1) is 17.3. The van der Waals surface area contributed by atoms with Crippen LogP contribution < -0.4 is 10.1 Å².